The van der Waals surface area contributed by atoms with Crippen LogP contribution < -0.4 is 19.6 Å². The van der Waals surface area contributed by atoms with Gasteiger partial charge in [0.1, 0.15) is 0 Å². The first-order chi connectivity index (χ1) is 50.3. The average Bonchev–Trinajstić information content (AvgIpc) is 0.768. The van der Waals surface area contributed by atoms with Gasteiger partial charge < -0.3 is 19.6 Å². The van der Waals surface area contributed by atoms with E-state index in [4.69, 9.17) is 0 Å². The lowest BCUT2D eigenvalue weighted by atomic mass is 9.99. The van der Waals surface area contributed by atoms with Crippen molar-refractivity contribution in [2.24, 2.45) is 0 Å². The Bertz CT molecular complexity index is 5940. The Kier molecular flexibility index (Phi) is 16.8. The van der Waals surface area contributed by atoms with E-state index in [1.165, 1.54) is 121 Å². The van der Waals surface area contributed by atoms with Crippen molar-refractivity contribution in [2.45, 2.75) is 0 Å². The molecule has 0 aromatic heterocycles. The van der Waals surface area contributed by atoms with Gasteiger partial charge in [-0.25, -0.2) is 0 Å². The van der Waals surface area contributed by atoms with E-state index in [2.05, 4.69) is 434 Å². The third-order valence-corrected chi connectivity index (χ3v) is 20.0. The maximum Gasteiger partial charge on any atom is 0.0567 e. The molecule has 0 aliphatic carbocycles. The van der Waals surface area contributed by atoms with Gasteiger partial charge in [-0.3, -0.25) is 0 Å². The van der Waals surface area contributed by atoms with E-state index in [-0.39, 0.29) is 0 Å². The Hall–Kier alpha value is -13.3. The van der Waals surface area contributed by atoms with E-state index in [9.17, 15) is 0 Å². The Morgan fingerprint density at radius 1 is 0.147 bits per heavy atom. The van der Waals surface area contributed by atoms with Gasteiger partial charge in [0.05, 0.1) is 5.69 Å². The summed E-state index contributed by atoms with van der Waals surface area (Å²) in [5, 5.41) is 15.0. The second kappa shape index (κ2) is 27.6. The van der Waals surface area contributed by atoms with Crippen LogP contribution in [0.4, 0.5) is 56.9 Å². The smallest absolute Gasteiger partial charge is 0.0567 e. The van der Waals surface area contributed by atoms with Crippen molar-refractivity contribution in [1.82, 2.24) is 0 Å². The topological polar surface area (TPSA) is 13.0 Å². The monoisotopic (exact) mass is 1300 g/mol. The van der Waals surface area contributed by atoms with Crippen LogP contribution in [0.25, 0.3) is 109 Å². The molecule has 0 heterocycles. The minimum absolute atomic E-state index is 1.11. The number of anilines is 10. The van der Waals surface area contributed by atoms with Crippen molar-refractivity contribution in [1.29, 1.82) is 0 Å². The summed E-state index contributed by atoms with van der Waals surface area (Å²) in [6, 6.07) is 144. The van der Waals surface area contributed by atoms with E-state index >= 15 is 0 Å². The lowest BCUT2D eigenvalue weighted by molar-refractivity contribution is 1.21. The molecule has 0 bridgehead atoms. The molecule has 0 amide bonds. The molecule has 4 nitrogen and oxygen atoms in total. The molecule has 18 rings (SSSR count). The van der Waals surface area contributed by atoms with Gasteiger partial charge in [0, 0.05) is 76.1 Å². The maximum absolute atomic E-state index is 2.34. The van der Waals surface area contributed by atoms with Crippen molar-refractivity contribution in [3.8, 4) is 44.5 Å². The number of nitrogens with zero attached hydrogens (tertiary/aromatic N) is 4. The standard InChI is InChI=1S/2C49H36N2/c1-50(49-47-17-9-7-15-41(47)33-42-16-8-10-18-48(42)49)43-26-19-38(20-27-43)39-23-30-45(31-24-39)51(46-32-25-36-13-5-6-14-40(36)34-46)44-28-21-37(22-29-44)35-11-3-2-4-12-35;1-50(48-29-22-43-31-40-12-7-8-13-41(40)32-44(43)34-48)45-23-15-38(16-24-45)39-19-27-47(28-20-39)51(49-30-21-36-11-5-6-14-42(36)33-49)46-25-17-37(18-26-46)35-9-3-2-4-10-35/h2*2-34H,1H3. The third kappa shape index (κ3) is 12.6. The minimum Gasteiger partial charge on any atom is -0.345 e. The molecule has 0 unspecified atom stereocenters. The molecule has 484 valence electrons. The largest absolute Gasteiger partial charge is 0.345 e. The Labute approximate surface area is 596 Å². The number of hydrogen-bond acceptors (Lipinski definition) is 4. The molecular formula is C98H72N4. The van der Waals surface area contributed by atoms with Gasteiger partial charge in [0.2, 0.25) is 0 Å². The van der Waals surface area contributed by atoms with Gasteiger partial charge in [-0.05, 0) is 226 Å². The highest BCUT2D eigenvalue weighted by atomic mass is 15.1. The summed E-state index contributed by atoms with van der Waals surface area (Å²) in [6.45, 7) is 0. The zero-order valence-corrected chi connectivity index (χ0v) is 56.9. The molecule has 0 aliphatic heterocycles. The summed E-state index contributed by atoms with van der Waals surface area (Å²) < 4.78 is 0. The molecule has 0 saturated heterocycles. The van der Waals surface area contributed by atoms with Gasteiger partial charge in [0.15, 0.2) is 0 Å². The maximum atomic E-state index is 2.34. The fraction of sp³-hybridized carbons (Fsp3) is 0.0204. The Morgan fingerprint density at radius 3 is 0.765 bits per heavy atom. The van der Waals surface area contributed by atoms with E-state index in [1.807, 2.05) is 0 Å². The summed E-state index contributed by atoms with van der Waals surface area (Å²) in [6.07, 6.45) is 0. The van der Waals surface area contributed by atoms with Crippen molar-refractivity contribution in [2.75, 3.05) is 33.7 Å². The molecule has 0 spiro atoms. The quantitative estimate of drug-likeness (QED) is 0.101. The average molecular weight is 1310 g/mol. The lowest BCUT2D eigenvalue weighted by Crippen LogP contribution is -2.10. The van der Waals surface area contributed by atoms with Crippen molar-refractivity contribution in [3.05, 3.63) is 400 Å². The number of hydrogen-bond donors (Lipinski definition) is 0. The third-order valence-electron chi connectivity index (χ3n) is 20.0. The fourth-order valence-electron chi connectivity index (χ4n) is 14.5. The van der Waals surface area contributed by atoms with Gasteiger partial charge in [-0.15, -0.1) is 0 Å². The molecule has 18 aromatic carbocycles. The molecule has 102 heavy (non-hydrogen) atoms. The molecule has 0 atom stereocenters. The van der Waals surface area contributed by atoms with Crippen LogP contribution in [-0.4, -0.2) is 14.1 Å². The van der Waals surface area contributed by atoms with Crippen LogP contribution in [-0.2, 0) is 0 Å². The Morgan fingerprint density at radius 2 is 0.382 bits per heavy atom. The first kappa shape index (κ1) is 62.3. The Balaban J connectivity index is 0.000000152. The molecule has 0 radical (unpaired) electrons. The molecule has 0 aliphatic rings. The minimum atomic E-state index is 1.11. The van der Waals surface area contributed by atoms with Crippen LogP contribution in [0.1, 0.15) is 0 Å². The van der Waals surface area contributed by atoms with Crippen LogP contribution >= 0.6 is 0 Å². The van der Waals surface area contributed by atoms with Crippen molar-refractivity contribution in [3.63, 3.8) is 0 Å². The highest BCUT2D eigenvalue weighted by Gasteiger charge is 2.19. The molecule has 0 fully saturated rings. The first-order valence-electron chi connectivity index (χ1n) is 35.0. The predicted molar refractivity (Wildman–Crippen MR) is 438 cm³/mol. The van der Waals surface area contributed by atoms with Gasteiger partial charge >= 0.3 is 0 Å². The normalized spacial score (nSPS) is 11.2. The van der Waals surface area contributed by atoms with Crippen LogP contribution in [0.5, 0.6) is 0 Å². The summed E-state index contributed by atoms with van der Waals surface area (Å²) in [7, 11) is 4.31. The van der Waals surface area contributed by atoms with Crippen molar-refractivity contribution >= 4 is 122 Å². The highest BCUT2D eigenvalue weighted by Crippen LogP contribution is 2.43. The summed E-state index contributed by atoms with van der Waals surface area (Å²) in [4.78, 5) is 9.26. The van der Waals surface area contributed by atoms with Gasteiger partial charge in [-0.1, -0.05) is 273 Å². The first-order valence-corrected chi connectivity index (χ1v) is 35.0. The zero-order chi connectivity index (χ0) is 68.3. The van der Waals surface area contributed by atoms with Gasteiger partial charge in [-0.2, -0.15) is 0 Å². The molecule has 0 N–H and O–H groups in total. The fourth-order valence-corrected chi connectivity index (χ4v) is 14.5. The summed E-state index contributed by atoms with van der Waals surface area (Å²) >= 11 is 0. The molecular weight excluding hydrogens is 1230 g/mol. The van der Waals surface area contributed by atoms with E-state index < -0.39 is 0 Å². The number of rotatable bonds is 14. The predicted octanol–water partition coefficient (Wildman–Crippen LogP) is 27.4. The van der Waals surface area contributed by atoms with Gasteiger partial charge in [0.25, 0.3) is 0 Å². The number of benzene rings is 18. The molecule has 18 aromatic rings. The SMILES string of the molecule is CN(c1ccc(-c2ccc(N(c3ccc(-c4ccccc4)cc3)c3ccc4ccccc4c3)cc2)cc1)c1c2ccccc2cc2ccccc12.CN(c1ccc(-c2ccc(N(c3ccc(-c4ccccc4)cc3)c3ccc4ccccc4c3)cc2)cc1)c1ccc2cc3ccccc3cc2c1. The summed E-state index contributed by atoms with van der Waals surface area (Å²) in [5.41, 5.74) is 21.0. The second-order valence-corrected chi connectivity index (χ2v) is 26.3. The second-order valence-electron chi connectivity index (χ2n) is 26.3. The molecule has 0 saturated carbocycles. The van der Waals surface area contributed by atoms with E-state index in [1.54, 1.807) is 0 Å². The van der Waals surface area contributed by atoms with E-state index in [0.717, 1.165) is 45.5 Å². The highest BCUT2D eigenvalue weighted by molar-refractivity contribution is 6.12. The molecule has 4 heteroatoms. The van der Waals surface area contributed by atoms with Crippen LogP contribution in [0.2, 0.25) is 0 Å². The lowest BCUT2D eigenvalue weighted by Gasteiger charge is -2.26. The number of fused-ring (bicyclic) bond motifs is 6. The zero-order valence-electron chi connectivity index (χ0n) is 56.9. The van der Waals surface area contributed by atoms with Crippen LogP contribution in [0.3, 0.4) is 0 Å². The summed E-state index contributed by atoms with van der Waals surface area (Å²) in [5.74, 6) is 0. The van der Waals surface area contributed by atoms with Crippen LogP contribution in [0.15, 0.2) is 400 Å². The van der Waals surface area contributed by atoms with E-state index in [0.29, 0.717) is 0 Å². The van der Waals surface area contributed by atoms with Crippen molar-refractivity contribution < 1.29 is 0 Å². The van der Waals surface area contributed by atoms with Crippen LogP contribution in [0, 0.1) is 0 Å².